The standard InChI is InChI=1S/C21H29N3O3.ClH/c1-14-3-4-19(27-2)18(9-14)24-13-17(10-20(24)25)21(26)23-7-5-15-11-22-12-16(15)6-8-23;/h3-4,9,15-17,22H,5-8,10-13H2,1-2H3;1H/t15-,16+,17?;. The molecule has 0 aromatic heterocycles. The highest BCUT2D eigenvalue weighted by Gasteiger charge is 2.39. The average molecular weight is 408 g/mol. The van der Waals surface area contributed by atoms with Crippen LogP contribution in [0.15, 0.2) is 18.2 Å². The molecule has 154 valence electrons. The molecule has 1 aromatic carbocycles. The fraction of sp³-hybridized carbons (Fsp3) is 0.619. The van der Waals surface area contributed by atoms with Gasteiger partial charge in [-0.15, -0.1) is 12.4 Å². The van der Waals surface area contributed by atoms with E-state index in [0.717, 1.165) is 50.3 Å². The number of likely N-dealkylation sites (tertiary alicyclic amines) is 1. The van der Waals surface area contributed by atoms with Crippen molar-refractivity contribution in [1.29, 1.82) is 0 Å². The van der Waals surface area contributed by atoms with Gasteiger partial charge in [-0.3, -0.25) is 9.59 Å². The van der Waals surface area contributed by atoms with Crippen LogP contribution in [-0.4, -0.2) is 56.5 Å². The predicted octanol–water partition coefficient (Wildman–Crippen LogP) is 2.24. The van der Waals surface area contributed by atoms with Crippen molar-refractivity contribution in [2.75, 3.05) is 44.7 Å². The van der Waals surface area contributed by atoms with Crippen LogP contribution in [0.1, 0.15) is 24.8 Å². The summed E-state index contributed by atoms with van der Waals surface area (Å²) in [4.78, 5) is 29.5. The Balaban J connectivity index is 0.00000225. The van der Waals surface area contributed by atoms with Crippen molar-refractivity contribution >= 4 is 29.9 Å². The molecular weight excluding hydrogens is 378 g/mol. The number of halogens is 1. The number of methoxy groups -OCH3 is 1. The van der Waals surface area contributed by atoms with Crippen LogP contribution < -0.4 is 15.0 Å². The van der Waals surface area contributed by atoms with Crippen LogP contribution in [0.5, 0.6) is 5.75 Å². The molecule has 3 aliphatic heterocycles. The number of hydrogen-bond donors (Lipinski definition) is 1. The van der Waals surface area contributed by atoms with Crippen LogP contribution in [0.25, 0.3) is 0 Å². The molecule has 3 fully saturated rings. The first-order valence-electron chi connectivity index (χ1n) is 10.0. The zero-order valence-electron chi connectivity index (χ0n) is 16.6. The number of aryl methyl sites for hydroxylation is 1. The van der Waals surface area contributed by atoms with Gasteiger partial charge in [0.15, 0.2) is 0 Å². The van der Waals surface area contributed by atoms with Gasteiger partial charge in [0.2, 0.25) is 11.8 Å². The fourth-order valence-electron chi connectivity index (χ4n) is 4.81. The Morgan fingerprint density at radius 3 is 2.50 bits per heavy atom. The summed E-state index contributed by atoms with van der Waals surface area (Å²) in [5, 5.41) is 3.47. The lowest BCUT2D eigenvalue weighted by Gasteiger charge is -2.25. The Kier molecular flexibility index (Phi) is 6.50. The summed E-state index contributed by atoms with van der Waals surface area (Å²) < 4.78 is 5.44. The minimum Gasteiger partial charge on any atom is -0.495 e. The van der Waals surface area contributed by atoms with E-state index in [1.165, 1.54) is 0 Å². The third-order valence-corrected chi connectivity index (χ3v) is 6.43. The van der Waals surface area contributed by atoms with E-state index in [9.17, 15) is 9.59 Å². The van der Waals surface area contributed by atoms with Crippen LogP contribution >= 0.6 is 12.4 Å². The van der Waals surface area contributed by atoms with E-state index in [1.54, 1.807) is 12.0 Å². The van der Waals surface area contributed by atoms with Gasteiger partial charge in [0, 0.05) is 26.1 Å². The summed E-state index contributed by atoms with van der Waals surface area (Å²) in [6, 6.07) is 5.81. The molecule has 3 aliphatic rings. The zero-order chi connectivity index (χ0) is 19.0. The first-order chi connectivity index (χ1) is 13.1. The van der Waals surface area contributed by atoms with Crippen LogP contribution in [0.3, 0.4) is 0 Å². The van der Waals surface area contributed by atoms with Crippen LogP contribution in [0.2, 0.25) is 0 Å². The summed E-state index contributed by atoms with van der Waals surface area (Å²) in [7, 11) is 1.61. The molecule has 0 aliphatic carbocycles. The summed E-state index contributed by atoms with van der Waals surface area (Å²) in [5.41, 5.74) is 1.84. The highest BCUT2D eigenvalue weighted by atomic mass is 35.5. The first kappa shape index (κ1) is 20.9. The molecule has 0 saturated carbocycles. The molecule has 2 amide bonds. The second-order valence-electron chi connectivity index (χ2n) is 8.16. The molecule has 7 heteroatoms. The quantitative estimate of drug-likeness (QED) is 0.834. The topological polar surface area (TPSA) is 61.9 Å². The lowest BCUT2D eigenvalue weighted by Crippen LogP contribution is -2.38. The van der Waals surface area contributed by atoms with Gasteiger partial charge in [-0.1, -0.05) is 6.07 Å². The summed E-state index contributed by atoms with van der Waals surface area (Å²) in [6.45, 7) is 6.24. The van der Waals surface area contributed by atoms with Crippen molar-refractivity contribution in [3.05, 3.63) is 23.8 Å². The van der Waals surface area contributed by atoms with E-state index in [2.05, 4.69) is 5.32 Å². The van der Waals surface area contributed by atoms with Gasteiger partial charge in [-0.25, -0.2) is 0 Å². The third-order valence-electron chi connectivity index (χ3n) is 6.43. The van der Waals surface area contributed by atoms with Gasteiger partial charge in [-0.05, 0) is 62.4 Å². The maximum absolute atomic E-state index is 13.1. The predicted molar refractivity (Wildman–Crippen MR) is 111 cm³/mol. The molecule has 4 rings (SSSR count). The number of ether oxygens (including phenoxy) is 1. The molecule has 3 heterocycles. The Bertz CT molecular complexity index is 728. The second-order valence-corrected chi connectivity index (χ2v) is 8.16. The maximum atomic E-state index is 13.1. The fourth-order valence-corrected chi connectivity index (χ4v) is 4.81. The highest BCUT2D eigenvalue weighted by Crippen LogP contribution is 2.35. The number of nitrogens with one attached hydrogen (secondary N) is 1. The van der Waals surface area contributed by atoms with E-state index in [0.29, 0.717) is 30.6 Å². The molecule has 3 saturated heterocycles. The molecule has 1 unspecified atom stereocenters. The van der Waals surface area contributed by atoms with Crippen molar-refractivity contribution in [2.24, 2.45) is 17.8 Å². The summed E-state index contributed by atoms with van der Waals surface area (Å²) in [6.07, 6.45) is 2.43. The van der Waals surface area contributed by atoms with Crippen molar-refractivity contribution in [3.8, 4) is 5.75 Å². The normalized spacial score (nSPS) is 27.2. The second kappa shape index (κ2) is 8.70. The number of anilines is 1. The van der Waals surface area contributed by atoms with Gasteiger partial charge < -0.3 is 19.9 Å². The maximum Gasteiger partial charge on any atom is 0.228 e. The van der Waals surface area contributed by atoms with E-state index in [4.69, 9.17) is 4.74 Å². The number of benzene rings is 1. The summed E-state index contributed by atoms with van der Waals surface area (Å²) in [5.74, 6) is 1.97. The number of fused-ring (bicyclic) bond motifs is 1. The molecule has 0 radical (unpaired) electrons. The van der Waals surface area contributed by atoms with Crippen LogP contribution in [0, 0.1) is 24.7 Å². The zero-order valence-corrected chi connectivity index (χ0v) is 17.5. The molecule has 0 bridgehead atoms. The van der Waals surface area contributed by atoms with Gasteiger partial charge in [0.25, 0.3) is 0 Å². The lowest BCUT2D eigenvalue weighted by atomic mass is 9.92. The number of rotatable bonds is 3. The number of nitrogens with zero attached hydrogens (tertiary/aromatic N) is 2. The van der Waals surface area contributed by atoms with E-state index < -0.39 is 0 Å². The Hall–Kier alpha value is -1.79. The Labute approximate surface area is 173 Å². The van der Waals surface area contributed by atoms with Gasteiger partial charge in [-0.2, -0.15) is 0 Å². The molecule has 1 N–H and O–H groups in total. The molecule has 28 heavy (non-hydrogen) atoms. The monoisotopic (exact) mass is 407 g/mol. The number of carbonyl (C=O) groups is 2. The van der Waals surface area contributed by atoms with Gasteiger partial charge in [0.05, 0.1) is 18.7 Å². The minimum absolute atomic E-state index is 0. The van der Waals surface area contributed by atoms with E-state index >= 15 is 0 Å². The van der Waals surface area contributed by atoms with E-state index in [-0.39, 0.29) is 30.1 Å². The minimum atomic E-state index is -0.251. The number of carbonyl (C=O) groups excluding carboxylic acids is 2. The largest absolute Gasteiger partial charge is 0.495 e. The molecular formula is C21H30ClN3O3. The molecule has 3 atom stereocenters. The Morgan fingerprint density at radius 1 is 1.18 bits per heavy atom. The third kappa shape index (κ3) is 3.98. The van der Waals surface area contributed by atoms with Gasteiger partial charge >= 0.3 is 0 Å². The van der Waals surface area contributed by atoms with Crippen LogP contribution in [-0.2, 0) is 9.59 Å². The number of amides is 2. The van der Waals surface area contributed by atoms with Gasteiger partial charge in [0.1, 0.15) is 5.75 Å². The molecule has 6 nitrogen and oxygen atoms in total. The van der Waals surface area contributed by atoms with Crippen molar-refractivity contribution in [3.63, 3.8) is 0 Å². The average Bonchev–Trinajstić information content (AvgIpc) is 3.22. The summed E-state index contributed by atoms with van der Waals surface area (Å²) >= 11 is 0. The smallest absolute Gasteiger partial charge is 0.228 e. The lowest BCUT2D eigenvalue weighted by molar-refractivity contribution is -0.135. The first-order valence-corrected chi connectivity index (χ1v) is 10.0. The number of hydrogen-bond acceptors (Lipinski definition) is 4. The highest BCUT2D eigenvalue weighted by molar-refractivity contribution is 6.01. The SMILES string of the molecule is COc1ccc(C)cc1N1CC(C(=O)N2CC[C@@H]3CNC[C@@H]3CC2)CC1=O.Cl. The van der Waals surface area contributed by atoms with Crippen molar-refractivity contribution < 1.29 is 14.3 Å². The Morgan fingerprint density at radius 2 is 1.86 bits per heavy atom. The van der Waals surface area contributed by atoms with Crippen molar-refractivity contribution in [2.45, 2.75) is 26.2 Å². The van der Waals surface area contributed by atoms with Crippen LogP contribution in [0.4, 0.5) is 5.69 Å². The van der Waals surface area contributed by atoms with Crippen molar-refractivity contribution in [1.82, 2.24) is 10.2 Å². The molecule has 0 spiro atoms. The van der Waals surface area contributed by atoms with E-state index in [1.807, 2.05) is 30.0 Å². The molecule has 1 aromatic rings.